The van der Waals surface area contributed by atoms with E-state index in [4.69, 9.17) is 0 Å². The Morgan fingerprint density at radius 2 is 1.65 bits per heavy atom. The maximum absolute atomic E-state index is 4.13. The Labute approximate surface area is 127 Å². The van der Waals surface area contributed by atoms with Crippen LogP contribution < -0.4 is 0 Å². The molecule has 0 spiro atoms. The van der Waals surface area contributed by atoms with Crippen molar-refractivity contribution >= 4 is 15.9 Å². The van der Waals surface area contributed by atoms with Crippen LogP contribution in [0.1, 0.15) is 17.0 Å². The van der Waals surface area contributed by atoms with Crippen molar-refractivity contribution in [3.63, 3.8) is 0 Å². The minimum Gasteiger partial charge on any atom is -0.337 e. The smallest absolute Gasteiger partial charge is 0.0946 e. The maximum atomic E-state index is 4.13. The Kier molecular flexibility index (Phi) is 3.97. The van der Waals surface area contributed by atoms with Crippen LogP contribution in [-0.4, -0.2) is 9.55 Å². The van der Waals surface area contributed by atoms with Gasteiger partial charge in [0.2, 0.25) is 0 Å². The third-order valence-electron chi connectivity index (χ3n) is 3.43. The molecular weight excluding hydrogens is 312 g/mol. The molecule has 100 valence electrons. The molecule has 0 saturated heterocycles. The van der Waals surface area contributed by atoms with Crippen LogP contribution in [-0.2, 0) is 6.54 Å². The molecule has 0 aliphatic carbocycles. The van der Waals surface area contributed by atoms with Gasteiger partial charge in [0.05, 0.1) is 6.33 Å². The second-order valence-electron chi connectivity index (χ2n) is 4.77. The highest BCUT2D eigenvalue weighted by Crippen LogP contribution is 2.27. The lowest BCUT2D eigenvalue weighted by molar-refractivity contribution is 0.623. The quantitative estimate of drug-likeness (QED) is 0.691. The summed E-state index contributed by atoms with van der Waals surface area (Å²) in [6.45, 7) is 0.894. The van der Waals surface area contributed by atoms with Gasteiger partial charge in [0.1, 0.15) is 0 Å². The molecule has 1 atom stereocenters. The molecule has 3 aromatic rings. The minimum absolute atomic E-state index is 0.332. The largest absolute Gasteiger partial charge is 0.337 e. The average Bonchev–Trinajstić information content (AvgIpc) is 3.00. The van der Waals surface area contributed by atoms with Crippen LogP contribution in [0.4, 0.5) is 0 Å². The van der Waals surface area contributed by atoms with Crippen LogP contribution >= 0.6 is 15.9 Å². The molecule has 3 heteroatoms. The highest BCUT2D eigenvalue weighted by atomic mass is 79.9. The van der Waals surface area contributed by atoms with Gasteiger partial charge in [-0.2, -0.15) is 0 Å². The summed E-state index contributed by atoms with van der Waals surface area (Å²) < 4.78 is 3.23. The molecule has 0 fully saturated rings. The van der Waals surface area contributed by atoms with Crippen LogP contribution in [0.2, 0.25) is 0 Å². The molecular formula is C17H15BrN2. The molecule has 1 aromatic heterocycles. The van der Waals surface area contributed by atoms with Gasteiger partial charge in [0, 0.05) is 29.3 Å². The van der Waals surface area contributed by atoms with E-state index >= 15 is 0 Å². The summed E-state index contributed by atoms with van der Waals surface area (Å²) in [6.07, 6.45) is 5.70. The van der Waals surface area contributed by atoms with Crippen LogP contribution in [0.3, 0.4) is 0 Å². The molecule has 2 aromatic carbocycles. The van der Waals surface area contributed by atoms with Crippen molar-refractivity contribution in [3.05, 3.63) is 88.9 Å². The SMILES string of the molecule is Brc1ccc([C@@H](Cn2ccnc2)c2ccccc2)cc1. The normalized spacial score (nSPS) is 12.2. The van der Waals surface area contributed by atoms with Crippen molar-refractivity contribution in [2.75, 3.05) is 0 Å². The van der Waals surface area contributed by atoms with Crippen LogP contribution in [0.5, 0.6) is 0 Å². The molecule has 0 unspecified atom stereocenters. The average molecular weight is 327 g/mol. The topological polar surface area (TPSA) is 17.8 Å². The Morgan fingerprint density at radius 1 is 0.950 bits per heavy atom. The van der Waals surface area contributed by atoms with Gasteiger partial charge < -0.3 is 4.57 Å². The summed E-state index contributed by atoms with van der Waals surface area (Å²) in [7, 11) is 0. The summed E-state index contributed by atoms with van der Waals surface area (Å²) in [5.41, 5.74) is 2.64. The van der Waals surface area contributed by atoms with Crippen molar-refractivity contribution in [2.45, 2.75) is 12.5 Å². The minimum atomic E-state index is 0.332. The van der Waals surface area contributed by atoms with Crippen LogP contribution in [0, 0.1) is 0 Å². The van der Waals surface area contributed by atoms with E-state index in [0.717, 1.165) is 11.0 Å². The van der Waals surface area contributed by atoms with E-state index in [9.17, 15) is 0 Å². The van der Waals surface area contributed by atoms with Crippen LogP contribution in [0.25, 0.3) is 0 Å². The van der Waals surface area contributed by atoms with Crippen molar-refractivity contribution in [1.29, 1.82) is 0 Å². The maximum Gasteiger partial charge on any atom is 0.0946 e. The molecule has 20 heavy (non-hydrogen) atoms. The van der Waals surface area contributed by atoms with Gasteiger partial charge in [-0.25, -0.2) is 4.98 Å². The van der Waals surface area contributed by atoms with Gasteiger partial charge in [0.25, 0.3) is 0 Å². The summed E-state index contributed by atoms with van der Waals surface area (Å²) in [4.78, 5) is 4.13. The highest BCUT2D eigenvalue weighted by Gasteiger charge is 2.14. The molecule has 0 N–H and O–H groups in total. The fourth-order valence-corrected chi connectivity index (χ4v) is 2.65. The third kappa shape index (κ3) is 2.99. The molecule has 1 heterocycles. The molecule has 0 radical (unpaired) electrons. The number of aromatic nitrogens is 2. The van der Waals surface area contributed by atoms with Gasteiger partial charge in [-0.15, -0.1) is 0 Å². The number of halogens is 1. The summed E-state index contributed by atoms with van der Waals surface area (Å²) >= 11 is 3.50. The van der Waals surface area contributed by atoms with E-state index in [1.807, 2.05) is 18.7 Å². The monoisotopic (exact) mass is 326 g/mol. The van der Waals surface area contributed by atoms with E-state index in [0.29, 0.717) is 5.92 Å². The number of benzene rings is 2. The van der Waals surface area contributed by atoms with Gasteiger partial charge in [0.15, 0.2) is 0 Å². The molecule has 0 amide bonds. The first kappa shape index (κ1) is 13.1. The molecule has 2 nitrogen and oxygen atoms in total. The summed E-state index contributed by atoms with van der Waals surface area (Å²) in [5.74, 6) is 0.332. The van der Waals surface area contributed by atoms with E-state index in [2.05, 4.69) is 80.1 Å². The van der Waals surface area contributed by atoms with Crippen molar-refractivity contribution in [1.82, 2.24) is 9.55 Å². The lowest BCUT2D eigenvalue weighted by Crippen LogP contribution is -2.09. The Balaban J connectivity index is 1.97. The number of hydrogen-bond acceptors (Lipinski definition) is 1. The number of rotatable bonds is 4. The highest BCUT2D eigenvalue weighted by molar-refractivity contribution is 9.10. The Morgan fingerprint density at radius 3 is 2.30 bits per heavy atom. The number of imidazole rings is 1. The Bertz CT molecular complexity index is 645. The first-order chi connectivity index (χ1) is 9.83. The molecule has 0 bridgehead atoms. The van der Waals surface area contributed by atoms with Crippen LogP contribution in [0.15, 0.2) is 77.8 Å². The van der Waals surface area contributed by atoms with Crippen molar-refractivity contribution in [2.24, 2.45) is 0 Å². The lowest BCUT2D eigenvalue weighted by atomic mass is 9.91. The predicted molar refractivity (Wildman–Crippen MR) is 84.7 cm³/mol. The summed E-state index contributed by atoms with van der Waals surface area (Å²) in [6, 6.07) is 19.2. The number of nitrogens with zero attached hydrogens (tertiary/aromatic N) is 2. The van der Waals surface area contributed by atoms with Crippen molar-refractivity contribution < 1.29 is 0 Å². The molecule has 0 saturated carbocycles. The fourth-order valence-electron chi connectivity index (χ4n) is 2.39. The standard InChI is InChI=1S/C17H15BrN2/c18-16-8-6-15(7-9-16)17(12-20-11-10-19-13-20)14-4-2-1-3-5-14/h1-11,13,17H,12H2/t17-/m0/s1. The van der Waals surface area contributed by atoms with Gasteiger partial charge in [-0.1, -0.05) is 58.4 Å². The molecule has 3 rings (SSSR count). The lowest BCUT2D eigenvalue weighted by Gasteiger charge is -2.18. The molecule has 0 aliphatic rings. The van der Waals surface area contributed by atoms with Crippen molar-refractivity contribution in [3.8, 4) is 0 Å². The van der Waals surface area contributed by atoms with Gasteiger partial charge in [-0.3, -0.25) is 0 Å². The number of hydrogen-bond donors (Lipinski definition) is 0. The van der Waals surface area contributed by atoms with E-state index in [-0.39, 0.29) is 0 Å². The molecule has 0 aliphatic heterocycles. The fraction of sp³-hybridized carbons (Fsp3) is 0.118. The zero-order valence-electron chi connectivity index (χ0n) is 11.0. The summed E-state index contributed by atoms with van der Waals surface area (Å²) in [5, 5.41) is 0. The predicted octanol–water partition coefficient (Wildman–Crippen LogP) is 4.48. The third-order valence-corrected chi connectivity index (χ3v) is 3.96. The second-order valence-corrected chi connectivity index (χ2v) is 5.69. The van der Waals surface area contributed by atoms with E-state index < -0.39 is 0 Å². The van der Waals surface area contributed by atoms with E-state index in [1.54, 1.807) is 0 Å². The first-order valence-corrected chi connectivity index (χ1v) is 7.38. The second kappa shape index (κ2) is 6.06. The van der Waals surface area contributed by atoms with Gasteiger partial charge in [-0.05, 0) is 23.3 Å². The Hall–Kier alpha value is -1.87. The zero-order chi connectivity index (χ0) is 13.8. The first-order valence-electron chi connectivity index (χ1n) is 6.59. The van der Waals surface area contributed by atoms with E-state index in [1.165, 1.54) is 11.1 Å². The zero-order valence-corrected chi connectivity index (χ0v) is 12.6. The van der Waals surface area contributed by atoms with Gasteiger partial charge >= 0.3 is 0 Å².